The molecule has 33 heavy (non-hydrogen) atoms. The van der Waals surface area contributed by atoms with E-state index in [9.17, 15) is 13.2 Å². The van der Waals surface area contributed by atoms with Crippen molar-refractivity contribution in [2.45, 2.75) is 17.9 Å². The summed E-state index contributed by atoms with van der Waals surface area (Å²) in [5.74, 6) is -0.119. The summed E-state index contributed by atoms with van der Waals surface area (Å²) >= 11 is 0. The maximum absolute atomic E-state index is 13.3. The van der Waals surface area contributed by atoms with Crippen LogP contribution in [0, 0.1) is 0 Å². The van der Waals surface area contributed by atoms with Gasteiger partial charge in [-0.1, -0.05) is 36.4 Å². The van der Waals surface area contributed by atoms with Crippen LogP contribution in [0.25, 0.3) is 10.9 Å². The minimum Gasteiger partial charge on any atom is -0.454 e. The standard InChI is InChI=1S/C24H20N4O4S/c25-23-19-9-2-3-10-20(19)26-22(27-23)15-32-24(29)17-7-5-8-18(14-17)33(30,31)28-13-12-16-6-1-4-11-21(16)28/h1-11,14H,12-13,15H2,(H2,25,26,27). The first-order valence-corrected chi connectivity index (χ1v) is 11.8. The molecule has 1 aromatic heterocycles. The number of aromatic nitrogens is 2. The summed E-state index contributed by atoms with van der Waals surface area (Å²) < 4.78 is 33.2. The number of carbonyl (C=O) groups is 1. The first kappa shape index (κ1) is 20.9. The summed E-state index contributed by atoms with van der Waals surface area (Å²) in [7, 11) is -3.82. The van der Waals surface area contributed by atoms with Crippen LogP contribution in [0.5, 0.6) is 0 Å². The third-order valence-electron chi connectivity index (χ3n) is 5.51. The number of carbonyl (C=O) groups excluding carboxylic acids is 1. The summed E-state index contributed by atoms with van der Waals surface area (Å²) in [6, 6.07) is 20.5. The Balaban J connectivity index is 1.36. The van der Waals surface area contributed by atoms with E-state index in [1.807, 2.05) is 36.4 Å². The summed E-state index contributed by atoms with van der Waals surface area (Å²) in [6.45, 7) is 0.168. The van der Waals surface area contributed by atoms with Crippen molar-refractivity contribution < 1.29 is 17.9 Å². The minimum absolute atomic E-state index is 0.0276. The lowest BCUT2D eigenvalue weighted by atomic mass is 10.2. The van der Waals surface area contributed by atoms with Gasteiger partial charge in [-0.3, -0.25) is 4.31 Å². The van der Waals surface area contributed by atoms with Crippen LogP contribution in [-0.2, 0) is 27.8 Å². The van der Waals surface area contributed by atoms with Crippen LogP contribution in [0.4, 0.5) is 11.5 Å². The summed E-state index contributed by atoms with van der Waals surface area (Å²) in [4.78, 5) is 21.2. The molecule has 8 nitrogen and oxygen atoms in total. The zero-order chi connectivity index (χ0) is 23.0. The molecule has 166 valence electrons. The lowest BCUT2D eigenvalue weighted by molar-refractivity contribution is 0.0462. The van der Waals surface area contributed by atoms with Crippen molar-refractivity contribution in [3.8, 4) is 0 Å². The number of hydrogen-bond donors (Lipinski definition) is 1. The molecule has 0 aliphatic carbocycles. The molecule has 0 spiro atoms. The van der Waals surface area contributed by atoms with Gasteiger partial charge in [-0.05, 0) is 48.4 Å². The van der Waals surface area contributed by atoms with E-state index in [1.54, 1.807) is 12.1 Å². The molecule has 1 aliphatic rings. The predicted molar refractivity (Wildman–Crippen MR) is 124 cm³/mol. The van der Waals surface area contributed by atoms with Crippen molar-refractivity contribution in [1.29, 1.82) is 0 Å². The van der Waals surface area contributed by atoms with Crippen LogP contribution in [0.1, 0.15) is 21.7 Å². The zero-order valence-electron chi connectivity index (χ0n) is 17.5. The number of nitrogens with two attached hydrogens (primary N) is 1. The topological polar surface area (TPSA) is 115 Å². The average molecular weight is 461 g/mol. The van der Waals surface area contributed by atoms with Crippen LogP contribution < -0.4 is 10.0 Å². The second-order valence-corrected chi connectivity index (χ2v) is 9.46. The Hall–Kier alpha value is -3.98. The van der Waals surface area contributed by atoms with Gasteiger partial charge >= 0.3 is 5.97 Å². The number of benzene rings is 3. The molecule has 3 aromatic carbocycles. The van der Waals surface area contributed by atoms with Crippen molar-refractivity contribution in [2.75, 3.05) is 16.6 Å². The van der Waals surface area contributed by atoms with Crippen LogP contribution in [0.3, 0.4) is 0 Å². The van der Waals surface area contributed by atoms with Gasteiger partial charge in [0.1, 0.15) is 5.82 Å². The molecule has 4 aromatic rings. The molecule has 0 saturated carbocycles. The highest BCUT2D eigenvalue weighted by Gasteiger charge is 2.31. The Morgan fingerprint density at radius 1 is 1.00 bits per heavy atom. The Labute approximate surface area is 190 Å². The van der Waals surface area contributed by atoms with Gasteiger partial charge < -0.3 is 10.5 Å². The second-order valence-electron chi connectivity index (χ2n) is 7.60. The highest BCUT2D eigenvalue weighted by Crippen LogP contribution is 2.32. The van der Waals surface area contributed by atoms with Crippen molar-refractivity contribution in [3.63, 3.8) is 0 Å². The maximum Gasteiger partial charge on any atom is 0.338 e. The predicted octanol–water partition coefficient (Wildman–Crippen LogP) is 3.32. The molecular weight excluding hydrogens is 440 g/mol. The van der Waals surface area contributed by atoms with E-state index in [0.29, 0.717) is 35.4 Å². The SMILES string of the molecule is Nc1nc(COC(=O)c2cccc(S(=O)(=O)N3CCc4ccccc43)c2)nc2ccccc12. The maximum atomic E-state index is 13.3. The number of sulfonamides is 1. The van der Waals surface area contributed by atoms with Gasteiger partial charge in [0.25, 0.3) is 10.0 Å². The number of rotatable bonds is 5. The Morgan fingerprint density at radius 2 is 1.79 bits per heavy atom. The molecular formula is C24H20N4O4S. The van der Waals surface area contributed by atoms with Crippen molar-refractivity contribution in [2.24, 2.45) is 0 Å². The van der Waals surface area contributed by atoms with Crippen molar-refractivity contribution in [1.82, 2.24) is 9.97 Å². The number of nitrogens with zero attached hydrogens (tertiary/aromatic N) is 3. The Bertz CT molecular complexity index is 1490. The van der Waals surface area contributed by atoms with Crippen LogP contribution in [0.2, 0.25) is 0 Å². The quantitative estimate of drug-likeness (QED) is 0.454. The lowest BCUT2D eigenvalue weighted by Crippen LogP contribution is -2.29. The fourth-order valence-corrected chi connectivity index (χ4v) is 5.45. The number of ether oxygens (including phenoxy) is 1. The van der Waals surface area contributed by atoms with Gasteiger partial charge in [0, 0.05) is 11.9 Å². The van der Waals surface area contributed by atoms with Gasteiger partial charge in [-0.15, -0.1) is 0 Å². The molecule has 0 bridgehead atoms. The summed E-state index contributed by atoms with van der Waals surface area (Å²) in [5.41, 5.74) is 8.39. The molecule has 0 atom stereocenters. The third kappa shape index (κ3) is 3.87. The first-order chi connectivity index (χ1) is 15.9. The fourth-order valence-electron chi connectivity index (χ4n) is 3.90. The van der Waals surface area contributed by atoms with E-state index in [0.717, 1.165) is 5.56 Å². The summed E-state index contributed by atoms with van der Waals surface area (Å²) in [5, 5.41) is 0.717. The Morgan fingerprint density at radius 3 is 2.67 bits per heavy atom. The first-order valence-electron chi connectivity index (χ1n) is 10.3. The number of esters is 1. The minimum atomic E-state index is -3.82. The molecule has 2 heterocycles. The van der Waals surface area contributed by atoms with Gasteiger partial charge in [-0.25, -0.2) is 23.2 Å². The van der Waals surface area contributed by atoms with Gasteiger partial charge in [0.2, 0.25) is 0 Å². The molecule has 1 aliphatic heterocycles. The largest absolute Gasteiger partial charge is 0.454 e. The highest BCUT2D eigenvalue weighted by molar-refractivity contribution is 7.92. The molecule has 0 fully saturated rings. The molecule has 0 radical (unpaired) electrons. The van der Waals surface area contributed by atoms with Crippen LogP contribution in [0.15, 0.2) is 77.7 Å². The number of fused-ring (bicyclic) bond motifs is 2. The summed E-state index contributed by atoms with van der Waals surface area (Å²) in [6.07, 6.45) is 0.645. The molecule has 5 rings (SSSR count). The normalized spacial score (nSPS) is 13.2. The monoisotopic (exact) mass is 460 g/mol. The van der Waals surface area contributed by atoms with Crippen molar-refractivity contribution in [3.05, 3.63) is 89.7 Å². The second kappa shape index (κ2) is 8.18. The van der Waals surface area contributed by atoms with E-state index in [-0.39, 0.29) is 22.9 Å². The lowest BCUT2D eigenvalue weighted by Gasteiger charge is -2.19. The van der Waals surface area contributed by atoms with E-state index >= 15 is 0 Å². The molecule has 0 saturated heterocycles. The number of hydrogen-bond acceptors (Lipinski definition) is 7. The fraction of sp³-hybridized carbons (Fsp3) is 0.125. The zero-order valence-corrected chi connectivity index (χ0v) is 18.3. The van der Waals surface area contributed by atoms with Gasteiger partial charge in [0.05, 0.1) is 21.7 Å². The van der Waals surface area contributed by atoms with Crippen molar-refractivity contribution >= 4 is 38.4 Å². The number of para-hydroxylation sites is 2. The van der Waals surface area contributed by atoms with E-state index in [4.69, 9.17) is 10.5 Å². The molecule has 0 unspecified atom stereocenters. The van der Waals surface area contributed by atoms with E-state index < -0.39 is 16.0 Å². The molecule has 9 heteroatoms. The average Bonchev–Trinajstić information content (AvgIpc) is 3.28. The van der Waals surface area contributed by atoms with Gasteiger partial charge in [-0.2, -0.15) is 0 Å². The molecule has 2 N–H and O–H groups in total. The smallest absolute Gasteiger partial charge is 0.338 e. The van der Waals surface area contributed by atoms with E-state index in [1.165, 1.54) is 28.6 Å². The Kier molecular flexibility index (Phi) is 5.18. The van der Waals surface area contributed by atoms with E-state index in [2.05, 4.69) is 9.97 Å². The van der Waals surface area contributed by atoms with Crippen LogP contribution in [-0.4, -0.2) is 30.9 Å². The third-order valence-corrected chi connectivity index (χ3v) is 7.32. The number of nitrogen functional groups attached to an aromatic ring is 1. The van der Waals surface area contributed by atoms with Gasteiger partial charge in [0.15, 0.2) is 12.4 Å². The highest BCUT2D eigenvalue weighted by atomic mass is 32.2. The van der Waals surface area contributed by atoms with Crippen LogP contribution >= 0.6 is 0 Å². The number of anilines is 2. The molecule has 0 amide bonds.